The third-order valence-electron chi connectivity index (χ3n) is 6.21. The molecule has 3 N–H and O–H groups in total. The Kier molecular flexibility index (Phi) is 9.62. The van der Waals surface area contributed by atoms with Crippen LogP contribution in [0.1, 0.15) is 47.6 Å². The number of aliphatic carboxylic acids is 1. The fourth-order valence-corrected chi connectivity index (χ4v) is 4.88. The Morgan fingerprint density at radius 3 is 2.50 bits per heavy atom. The number of carbonyl (C=O) groups excluding carboxylic acids is 1. The van der Waals surface area contributed by atoms with Crippen molar-refractivity contribution in [2.45, 2.75) is 31.7 Å². The minimum Gasteiger partial charge on any atom is -0.496 e. The molecule has 0 aliphatic heterocycles. The largest absolute Gasteiger partial charge is 0.496 e. The van der Waals surface area contributed by atoms with Crippen molar-refractivity contribution in [3.8, 4) is 5.75 Å². The van der Waals surface area contributed by atoms with Crippen molar-refractivity contribution < 1.29 is 24.2 Å². The molecule has 1 saturated carbocycles. The summed E-state index contributed by atoms with van der Waals surface area (Å²) in [7, 11) is 3.25. The third kappa shape index (κ3) is 6.87. The zero-order valence-electron chi connectivity index (χ0n) is 19.3. The summed E-state index contributed by atoms with van der Waals surface area (Å²) < 4.78 is 11.8. The number of rotatable bonds is 10. The Morgan fingerprint density at radius 2 is 1.88 bits per heavy atom. The Balaban J connectivity index is 1.64. The van der Waals surface area contributed by atoms with Gasteiger partial charge in [-0.2, -0.15) is 0 Å². The lowest BCUT2D eigenvalue weighted by Gasteiger charge is -2.26. The number of hydrogen-bond donors (Lipinski definition) is 3. The van der Waals surface area contributed by atoms with Gasteiger partial charge in [0.05, 0.1) is 36.4 Å². The summed E-state index contributed by atoms with van der Waals surface area (Å²) in [5.41, 5.74) is 2.06. The van der Waals surface area contributed by atoms with Gasteiger partial charge in [0.15, 0.2) is 0 Å². The smallest absolute Gasteiger partial charge is 0.306 e. The first kappa shape index (κ1) is 26.3. The van der Waals surface area contributed by atoms with Gasteiger partial charge >= 0.3 is 5.97 Å². The monoisotopic (exact) mass is 552 g/mol. The molecular weight excluding hydrogens is 524 g/mol. The molecule has 2 aromatic rings. The molecule has 1 aliphatic rings. The van der Waals surface area contributed by atoms with Gasteiger partial charge in [-0.3, -0.25) is 9.59 Å². The fourth-order valence-electron chi connectivity index (χ4n) is 4.27. The van der Waals surface area contributed by atoms with Crippen LogP contribution >= 0.6 is 27.5 Å². The second-order valence-electron chi connectivity index (χ2n) is 8.50. The zero-order valence-corrected chi connectivity index (χ0v) is 21.6. The van der Waals surface area contributed by atoms with Gasteiger partial charge in [0.25, 0.3) is 5.91 Å². The molecule has 34 heavy (non-hydrogen) atoms. The van der Waals surface area contributed by atoms with Gasteiger partial charge in [-0.1, -0.05) is 27.5 Å². The van der Waals surface area contributed by atoms with Crippen molar-refractivity contribution in [3.05, 3.63) is 57.0 Å². The number of nitrogens with one attached hydrogen (secondary N) is 2. The minimum atomic E-state index is -0.725. The molecule has 1 atom stereocenters. The van der Waals surface area contributed by atoms with E-state index in [0.717, 1.165) is 28.6 Å². The van der Waals surface area contributed by atoms with E-state index in [4.69, 9.17) is 26.2 Å². The van der Waals surface area contributed by atoms with Gasteiger partial charge < -0.3 is 25.2 Å². The third-order valence-corrected chi connectivity index (χ3v) is 7.01. The molecule has 9 heteroatoms. The molecule has 0 saturated heterocycles. The average molecular weight is 554 g/mol. The van der Waals surface area contributed by atoms with E-state index in [-0.39, 0.29) is 17.9 Å². The number of carboxylic acid groups (broad SMARTS) is 1. The predicted octanol–water partition coefficient (Wildman–Crippen LogP) is 5.53. The summed E-state index contributed by atoms with van der Waals surface area (Å²) in [4.78, 5) is 23.8. The van der Waals surface area contributed by atoms with Gasteiger partial charge in [-0.05, 0) is 68.0 Å². The van der Waals surface area contributed by atoms with Gasteiger partial charge in [0.1, 0.15) is 5.75 Å². The molecule has 184 valence electrons. The van der Waals surface area contributed by atoms with Crippen LogP contribution in [0.3, 0.4) is 0 Å². The van der Waals surface area contributed by atoms with Crippen LogP contribution in [-0.2, 0) is 9.53 Å². The normalized spacial score (nSPS) is 18.7. The first-order valence-electron chi connectivity index (χ1n) is 11.2. The van der Waals surface area contributed by atoms with Gasteiger partial charge in [0, 0.05) is 29.3 Å². The van der Waals surface area contributed by atoms with Crippen molar-refractivity contribution in [2.24, 2.45) is 11.8 Å². The van der Waals surface area contributed by atoms with E-state index in [2.05, 4.69) is 26.6 Å². The molecule has 1 aliphatic carbocycles. The lowest BCUT2D eigenvalue weighted by molar-refractivity contribution is -0.143. The van der Waals surface area contributed by atoms with E-state index in [1.165, 1.54) is 0 Å². The van der Waals surface area contributed by atoms with Crippen LogP contribution in [0.4, 0.5) is 5.69 Å². The van der Waals surface area contributed by atoms with Crippen LogP contribution in [0.25, 0.3) is 0 Å². The Bertz CT molecular complexity index is 1010. The molecule has 1 amide bonds. The molecule has 7 nitrogen and oxygen atoms in total. The van der Waals surface area contributed by atoms with E-state index in [1.54, 1.807) is 32.4 Å². The number of amides is 1. The number of anilines is 1. The summed E-state index contributed by atoms with van der Waals surface area (Å²) in [5.74, 6) is -0.161. The second kappa shape index (κ2) is 12.4. The van der Waals surface area contributed by atoms with Crippen LogP contribution in [-0.4, -0.2) is 44.4 Å². The number of methoxy groups -OCH3 is 2. The standard InChI is InChI=1S/C25H30BrClN2O5/c1-33-14-22(19-12-18(26)8-10-23(19)34-2)29-21-9-7-17(11-20(21)27)24(30)28-13-15-3-5-16(6-4-15)25(31)32/h7-12,15-16,22,29H,3-6,13-14H2,1-2H3,(H,28,30)(H,31,32)/t15?,16?,22-/m0/s1. The zero-order chi connectivity index (χ0) is 24.7. The number of benzene rings is 2. The van der Waals surface area contributed by atoms with E-state index in [1.807, 2.05) is 18.2 Å². The molecule has 1 fully saturated rings. The summed E-state index contributed by atoms with van der Waals surface area (Å²) in [6.45, 7) is 0.914. The molecule has 0 aromatic heterocycles. The minimum absolute atomic E-state index is 0.198. The second-order valence-corrected chi connectivity index (χ2v) is 9.82. The molecule has 0 unspecified atom stereocenters. The van der Waals surface area contributed by atoms with Crippen molar-refractivity contribution in [2.75, 3.05) is 32.7 Å². The predicted molar refractivity (Wildman–Crippen MR) is 136 cm³/mol. The highest BCUT2D eigenvalue weighted by Gasteiger charge is 2.26. The van der Waals surface area contributed by atoms with Crippen molar-refractivity contribution >= 4 is 45.1 Å². The van der Waals surface area contributed by atoms with E-state index < -0.39 is 5.97 Å². The van der Waals surface area contributed by atoms with Gasteiger partial charge in [-0.25, -0.2) is 0 Å². The van der Waals surface area contributed by atoms with Crippen molar-refractivity contribution in [3.63, 3.8) is 0 Å². The first-order chi connectivity index (χ1) is 16.3. The highest BCUT2D eigenvalue weighted by atomic mass is 79.9. The Labute approximate surface area is 213 Å². The Hall–Kier alpha value is -2.29. The van der Waals surface area contributed by atoms with E-state index in [0.29, 0.717) is 48.2 Å². The van der Waals surface area contributed by atoms with E-state index >= 15 is 0 Å². The Morgan fingerprint density at radius 1 is 1.15 bits per heavy atom. The highest BCUT2D eigenvalue weighted by molar-refractivity contribution is 9.10. The van der Waals surface area contributed by atoms with Crippen LogP contribution in [0.2, 0.25) is 5.02 Å². The molecule has 3 rings (SSSR count). The summed E-state index contributed by atoms with van der Waals surface area (Å²) in [5, 5.41) is 15.9. The summed E-state index contributed by atoms with van der Waals surface area (Å²) in [6, 6.07) is 10.7. The lowest BCUT2D eigenvalue weighted by Crippen LogP contribution is -2.32. The number of hydrogen-bond acceptors (Lipinski definition) is 5. The summed E-state index contributed by atoms with van der Waals surface area (Å²) >= 11 is 10.0. The number of carbonyl (C=O) groups is 2. The number of carboxylic acids is 1. The van der Waals surface area contributed by atoms with Crippen LogP contribution < -0.4 is 15.4 Å². The van der Waals surface area contributed by atoms with E-state index in [9.17, 15) is 9.59 Å². The van der Waals surface area contributed by atoms with Crippen molar-refractivity contribution in [1.29, 1.82) is 0 Å². The molecular formula is C25H30BrClN2O5. The van der Waals surface area contributed by atoms with Crippen LogP contribution in [0, 0.1) is 11.8 Å². The topological polar surface area (TPSA) is 96.9 Å². The van der Waals surface area contributed by atoms with Gasteiger partial charge in [0.2, 0.25) is 0 Å². The lowest BCUT2D eigenvalue weighted by atomic mass is 9.82. The summed E-state index contributed by atoms with van der Waals surface area (Å²) in [6.07, 6.45) is 2.93. The SMILES string of the molecule is COC[C@H](Nc1ccc(C(=O)NCC2CCC(C(=O)O)CC2)cc1Cl)c1cc(Br)ccc1OC. The average Bonchev–Trinajstić information content (AvgIpc) is 2.83. The van der Waals surface area contributed by atoms with Crippen molar-refractivity contribution in [1.82, 2.24) is 5.32 Å². The fraction of sp³-hybridized carbons (Fsp3) is 0.440. The van der Waals surface area contributed by atoms with Crippen LogP contribution in [0.15, 0.2) is 40.9 Å². The number of ether oxygens (including phenoxy) is 2. The maximum Gasteiger partial charge on any atom is 0.306 e. The van der Waals surface area contributed by atoms with Crippen LogP contribution in [0.5, 0.6) is 5.75 Å². The number of halogens is 2. The quantitative estimate of drug-likeness (QED) is 0.358. The highest BCUT2D eigenvalue weighted by Crippen LogP contribution is 2.33. The molecule has 0 bridgehead atoms. The molecule has 2 aromatic carbocycles. The van der Waals surface area contributed by atoms with Gasteiger partial charge in [-0.15, -0.1) is 0 Å². The first-order valence-corrected chi connectivity index (χ1v) is 12.4. The molecule has 0 heterocycles. The maximum absolute atomic E-state index is 12.7. The molecule has 0 radical (unpaired) electrons. The molecule has 0 spiro atoms. The maximum atomic E-state index is 12.7.